The Hall–Kier alpha value is -3.95. The van der Waals surface area contributed by atoms with Crippen LogP contribution in [0.5, 0.6) is 11.6 Å². The van der Waals surface area contributed by atoms with Gasteiger partial charge in [0.2, 0.25) is 17.7 Å². The Morgan fingerprint density at radius 2 is 1.72 bits per heavy atom. The lowest BCUT2D eigenvalue weighted by atomic mass is 10.0. The molecule has 0 saturated carbocycles. The van der Waals surface area contributed by atoms with E-state index in [4.69, 9.17) is 4.74 Å². The lowest BCUT2D eigenvalue weighted by Gasteiger charge is -2.12. The largest absolute Gasteiger partial charge is 0.439 e. The molecule has 0 aliphatic heterocycles. The SMILES string of the molecule is CC(=O)Nc1cc(Oc2ccc(NC(=O)Cc3ccc(C)c(C(F)(F)F)c3)cc2)ncn1. The molecule has 3 aromatic rings. The Morgan fingerprint density at radius 1 is 1.00 bits per heavy atom. The number of carbonyl (C=O) groups is 2. The number of nitrogens with zero attached hydrogens (tertiary/aromatic N) is 2. The molecule has 0 unspecified atom stereocenters. The van der Waals surface area contributed by atoms with Gasteiger partial charge >= 0.3 is 6.18 Å². The molecule has 1 heterocycles. The number of aromatic nitrogens is 2. The van der Waals surface area contributed by atoms with Crippen molar-refractivity contribution in [2.75, 3.05) is 10.6 Å². The maximum absolute atomic E-state index is 13.0. The number of hydrogen-bond donors (Lipinski definition) is 2. The molecule has 166 valence electrons. The van der Waals surface area contributed by atoms with Crippen LogP contribution in [0.2, 0.25) is 0 Å². The van der Waals surface area contributed by atoms with E-state index in [9.17, 15) is 22.8 Å². The highest BCUT2D eigenvalue weighted by atomic mass is 19.4. The molecule has 0 spiro atoms. The van der Waals surface area contributed by atoms with Gasteiger partial charge in [0.25, 0.3) is 0 Å². The Labute approximate surface area is 181 Å². The van der Waals surface area contributed by atoms with Crippen molar-refractivity contribution >= 4 is 23.3 Å². The number of benzene rings is 2. The minimum absolute atomic E-state index is 0.102. The molecule has 0 aliphatic carbocycles. The highest BCUT2D eigenvalue weighted by Crippen LogP contribution is 2.32. The first kappa shape index (κ1) is 22.7. The van der Waals surface area contributed by atoms with Gasteiger partial charge in [-0.2, -0.15) is 13.2 Å². The summed E-state index contributed by atoms with van der Waals surface area (Å²) < 4.78 is 44.7. The molecule has 2 amide bonds. The predicted octanol–water partition coefficient (Wildman–Crippen LogP) is 4.74. The summed E-state index contributed by atoms with van der Waals surface area (Å²) in [6.45, 7) is 2.72. The van der Waals surface area contributed by atoms with E-state index in [2.05, 4.69) is 20.6 Å². The van der Waals surface area contributed by atoms with E-state index >= 15 is 0 Å². The van der Waals surface area contributed by atoms with Crippen molar-refractivity contribution in [2.45, 2.75) is 26.4 Å². The average Bonchev–Trinajstić information content (AvgIpc) is 2.70. The molecule has 2 N–H and O–H groups in total. The Bertz CT molecular complexity index is 1130. The number of carbonyl (C=O) groups excluding carboxylic acids is 2. The predicted molar refractivity (Wildman–Crippen MR) is 111 cm³/mol. The monoisotopic (exact) mass is 444 g/mol. The number of ether oxygens (including phenoxy) is 1. The number of rotatable bonds is 6. The van der Waals surface area contributed by atoms with Crippen LogP contribution in [-0.2, 0) is 22.2 Å². The Kier molecular flexibility index (Phi) is 6.72. The first-order valence-corrected chi connectivity index (χ1v) is 9.44. The van der Waals surface area contributed by atoms with Crippen LogP contribution in [0.1, 0.15) is 23.6 Å². The van der Waals surface area contributed by atoms with Crippen LogP contribution < -0.4 is 15.4 Å². The first-order chi connectivity index (χ1) is 15.1. The second-order valence-electron chi connectivity index (χ2n) is 6.92. The smallest absolute Gasteiger partial charge is 0.416 e. The molecule has 0 fully saturated rings. The van der Waals surface area contributed by atoms with Gasteiger partial charge in [0, 0.05) is 18.7 Å². The van der Waals surface area contributed by atoms with Crippen molar-refractivity contribution < 1.29 is 27.5 Å². The van der Waals surface area contributed by atoms with E-state index in [1.54, 1.807) is 24.3 Å². The molecule has 0 bridgehead atoms. The fraction of sp³-hybridized carbons (Fsp3) is 0.182. The van der Waals surface area contributed by atoms with E-state index in [-0.39, 0.29) is 35.2 Å². The molecule has 0 atom stereocenters. The number of amides is 2. The van der Waals surface area contributed by atoms with Crippen molar-refractivity contribution in [2.24, 2.45) is 0 Å². The lowest BCUT2D eigenvalue weighted by molar-refractivity contribution is -0.138. The summed E-state index contributed by atoms with van der Waals surface area (Å²) in [6.07, 6.45) is -3.43. The topological polar surface area (TPSA) is 93.2 Å². The molecule has 2 aromatic carbocycles. The first-order valence-electron chi connectivity index (χ1n) is 9.44. The van der Waals surface area contributed by atoms with Crippen molar-refractivity contribution in [1.82, 2.24) is 9.97 Å². The van der Waals surface area contributed by atoms with Crippen LogP contribution in [0.15, 0.2) is 54.9 Å². The second-order valence-corrected chi connectivity index (χ2v) is 6.92. The maximum Gasteiger partial charge on any atom is 0.416 e. The summed E-state index contributed by atoms with van der Waals surface area (Å²) in [5.74, 6) is 0.182. The van der Waals surface area contributed by atoms with E-state index in [1.807, 2.05) is 0 Å². The van der Waals surface area contributed by atoms with Crippen LogP contribution in [0.25, 0.3) is 0 Å². The van der Waals surface area contributed by atoms with Gasteiger partial charge in [-0.1, -0.05) is 12.1 Å². The quantitative estimate of drug-likeness (QED) is 0.573. The summed E-state index contributed by atoms with van der Waals surface area (Å²) in [5.41, 5.74) is 0.0621. The average molecular weight is 444 g/mol. The van der Waals surface area contributed by atoms with Crippen molar-refractivity contribution in [1.29, 1.82) is 0 Å². The highest BCUT2D eigenvalue weighted by Gasteiger charge is 2.32. The van der Waals surface area contributed by atoms with Gasteiger partial charge < -0.3 is 15.4 Å². The molecule has 0 aliphatic rings. The highest BCUT2D eigenvalue weighted by molar-refractivity contribution is 5.92. The standard InChI is InChI=1S/C22H19F3N4O3/c1-13-3-4-15(9-18(13)22(23,24)25)10-20(31)29-16-5-7-17(8-6-16)32-21-11-19(26-12-27-21)28-14(2)30/h3-9,11-12H,10H2,1-2H3,(H,29,31)(H,26,27,28,30). The molecule has 1 aromatic heterocycles. The zero-order valence-electron chi connectivity index (χ0n) is 17.2. The zero-order valence-corrected chi connectivity index (χ0v) is 17.2. The minimum atomic E-state index is -4.47. The van der Waals surface area contributed by atoms with Crippen molar-refractivity contribution in [3.8, 4) is 11.6 Å². The van der Waals surface area contributed by atoms with E-state index in [0.29, 0.717) is 11.4 Å². The van der Waals surface area contributed by atoms with Gasteiger partial charge in [-0.25, -0.2) is 9.97 Å². The number of nitrogens with one attached hydrogen (secondary N) is 2. The maximum atomic E-state index is 13.0. The van der Waals surface area contributed by atoms with Crippen molar-refractivity contribution in [3.05, 3.63) is 71.5 Å². The number of halogens is 3. The van der Waals surface area contributed by atoms with Crippen LogP contribution >= 0.6 is 0 Å². The molecule has 7 nitrogen and oxygen atoms in total. The molecule has 0 saturated heterocycles. The molecular weight excluding hydrogens is 425 g/mol. The minimum Gasteiger partial charge on any atom is -0.439 e. The summed E-state index contributed by atoms with van der Waals surface area (Å²) in [6, 6.07) is 11.6. The van der Waals surface area contributed by atoms with Crippen LogP contribution in [-0.4, -0.2) is 21.8 Å². The third kappa shape index (κ3) is 6.27. The van der Waals surface area contributed by atoms with Gasteiger partial charge in [-0.05, 0) is 48.4 Å². The van der Waals surface area contributed by atoms with E-state index in [0.717, 1.165) is 6.07 Å². The van der Waals surface area contributed by atoms with Gasteiger partial charge in [0.05, 0.1) is 12.0 Å². The van der Waals surface area contributed by atoms with Crippen LogP contribution in [0, 0.1) is 6.92 Å². The Morgan fingerprint density at radius 3 is 2.38 bits per heavy atom. The second kappa shape index (κ2) is 9.46. The van der Waals surface area contributed by atoms with Crippen LogP contribution in [0.3, 0.4) is 0 Å². The van der Waals surface area contributed by atoms with E-state index < -0.39 is 17.6 Å². The molecule has 3 rings (SSSR count). The molecule has 0 radical (unpaired) electrons. The molecular formula is C22H19F3N4O3. The van der Waals surface area contributed by atoms with E-state index in [1.165, 1.54) is 38.4 Å². The van der Waals surface area contributed by atoms with Gasteiger partial charge in [-0.3, -0.25) is 9.59 Å². The normalized spacial score (nSPS) is 11.0. The lowest BCUT2D eigenvalue weighted by Crippen LogP contribution is -2.15. The fourth-order valence-electron chi connectivity index (χ4n) is 2.85. The summed E-state index contributed by atoms with van der Waals surface area (Å²) >= 11 is 0. The summed E-state index contributed by atoms with van der Waals surface area (Å²) in [4.78, 5) is 31.2. The fourth-order valence-corrected chi connectivity index (χ4v) is 2.85. The number of hydrogen-bond acceptors (Lipinski definition) is 5. The van der Waals surface area contributed by atoms with Crippen molar-refractivity contribution in [3.63, 3.8) is 0 Å². The summed E-state index contributed by atoms with van der Waals surface area (Å²) in [7, 11) is 0. The van der Waals surface area contributed by atoms with Gasteiger partial charge in [-0.15, -0.1) is 0 Å². The molecule has 10 heteroatoms. The van der Waals surface area contributed by atoms with Gasteiger partial charge in [0.15, 0.2) is 0 Å². The zero-order chi connectivity index (χ0) is 23.3. The van der Waals surface area contributed by atoms with Crippen LogP contribution in [0.4, 0.5) is 24.7 Å². The summed E-state index contributed by atoms with van der Waals surface area (Å²) in [5, 5.41) is 5.15. The number of aryl methyl sites for hydroxylation is 1. The van der Waals surface area contributed by atoms with Gasteiger partial charge in [0.1, 0.15) is 17.9 Å². The third-order valence-corrected chi connectivity index (χ3v) is 4.28. The third-order valence-electron chi connectivity index (χ3n) is 4.28. The number of anilines is 2. The molecule has 32 heavy (non-hydrogen) atoms. The number of alkyl halides is 3. The Balaban J connectivity index is 1.61.